The summed E-state index contributed by atoms with van der Waals surface area (Å²) in [5, 5.41) is 0. The Labute approximate surface area is 124 Å². The fraction of sp³-hybridized carbons (Fsp3) is 0.214. The van der Waals surface area contributed by atoms with E-state index in [1.165, 1.54) is 12.1 Å². The zero-order valence-electron chi connectivity index (χ0n) is 10.8. The van der Waals surface area contributed by atoms with Crippen molar-refractivity contribution in [2.75, 3.05) is 0 Å². The van der Waals surface area contributed by atoms with Crippen molar-refractivity contribution in [3.63, 3.8) is 0 Å². The minimum absolute atomic E-state index is 0.0226. The lowest BCUT2D eigenvalue weighted by atomic mass is 10.0. The van der Waals surface area contributed by atoms with Crippen LogP contribution in [-0.4, -0.2) is 4.98 Å². The van der Waals surface area contributed by atoms with Crippen LogP contribution in [0.25, 0.3) is 0 Å². The summed E-state index contributed by atoms with van der Waals surface area (Å²) >= 11 is 3.05. The lowest BCUT2D eigenvalue weighted by molar-refractivity contribution is 0.491. The molecule has 106 valence electrons. The van der Waals surface area contributed by atoms with Crippen molar-refractivity contribution < 1.29 is 8.78 Å². The molecule has 20 heavy (non-hydrogen) atoms. The molecule has 0 saturated carbocycles. The number of nitrogens with one attached hydrogen (secondary N) is 1. The van der Waals surface area contributed by atoms with Crippen LogP contribution in [0.3, 0.4) is 0 Å². The van der Waals surface area contributed by atoms with Crippen molar-refractivity contribution in [2.45, 2.75) is 19.4 Å². The summed E-state index contributed by atoms with van der Waals surface area (Å²) in [5.74, 6) is 4.28. The highest BCUT2D eigenvalue weighted by molar-refractivity contribution is 9.10. The molecule has 2 rings (SSSR count). The average Bonchev–Trinajstić information content (AvgIpc) is 2.43. The first-order valence-electron chi connectivity index (χ1n) is 6.04. The quantitative estimate of drug-likeness (QED) is 0.510. The van der Waals surface area contributed by atoms with Crippen molar-refractivity contribution in [1.82, 2.24) is 10.4 Å². The summed E-state index contributed by atoms with van der Waals surface area (Å²) in [6, 6.07) is 5.77. The van der Waals surface area contributed by atoms with E-state index >= 15 is 0 Å². The van der Waals surface area contributed by atoms with Gasteiger partial charge in [0.05, 0.1) is 16.2 Å². The second-order valence-electron chi connectivity index (χ2n) is 4.50. The van der Waals surface area contributed by atoms with Crippen LogP contribution in [-0.2, 0) is 6.42 Å². The predicted molar refractivity (Wildman–Crippen MR) is 76.8 cm³/mol. The van der Waals surface area contributed by atoms with Gasteiger partial charge in [0.15, 0.2) is 0 Å². The molecular formula is C14H14BrF2N3. The number of pyridine rings is 1. The number of hydrazine groups is 1. The van der Waals surface area contributed by atoms with Gasteiger partial charge in [0.1, 0.15) is 11.6 Å². The average molecular weight is 342 g/mol. The van der Waals surface area contributed by atoms with Gasteiger partial charge in [0, 0.05) is 18.2 Å². The van der Waals surface area contributed by atoms with Gasteiger partial charge in [0.2, 0.25) is 0 Å². The SMILES string of the molecule is Cc1ccnc(C(Cc2c(F)ccc(Br)c2F)NN)c1. The Balaban J connectivity index is 2.34. The highest BCUT2D eigenvalue weighted by Crippen LogP contribution is 2.26. The first-order chi connectivity index (χ1) is 9.52. The molecule has 0 aliphatic heterocycles. The fourth-order valence-electron chi connectivity index (χ4n) is 1.96. The monoisotopic (exact) mass is 341 g/mol. The van der Waals surface area contributed by atoms with Gasteiger partial charge in [-0.2, -0.15) is 0 Å². The number of hydrogen-bond donors (Lipinski definition) is 2. The maximum absolute atomic E-state index is 14.0. The summed E-state index contributed by atoms with van der Waals surface area (Å²) in [7, 11) is 0. The van der Waals surface area contributed by atoms with Crippen LogP contribution < -0.4 is 11.3 Å². The summed E-state index contributed by atoms with van der Waals surface area (Å²) in [6.07, 6.45) is 1.71. The number of rotatable bonds is 4. The molecule has 1 aromatic carbocycles. The van der Waals surface area contributed by atoms with Gasteiger partial charge >= 0.3 is 0 Å². The molecule has 0 saturated heterocycles. The molecule has 6 heteroatoms. The van der Waals surface area contributed by atoms with E-state index in [2.05, 4.69) is 26.3 Å². The van der Waals surface area contributed by atoms with Crippen LogP contribution in [0.1, 0.15) is 22.9 Å². The van der Waals surface area contributed by atoms with Crippen LogP contribution in [0.4, 0.5) is 8.78 Å². The van der Waals surface area contributed by atoms with Crippen molar-refractivity contribution in [1.29, 1.82) is 0 Å². The molecule has 1 aromatic heterocycles. The van der Waals surface area contributed by atoms with Crippen LogP contribution >= 0.6 is 15.9 Å². The van der Waals surface area contributed by atoms with Gasteiger partial charge in [-0.05, 0) is 52.7 Å². The maximum atomic E-state index is 14.0. The van der Waals surface area contributed by atoms with E-state index in [4.69, 9.17) is 5.84 Å². The third kappa shape index (κ3) is 3.20. The molecule has 1 heterocycles. The van der Waals surface area contributed by atoms with Crippen molar-refractivity contribution in [3.05, 3.63) is 63.4 Å². The van der Waals surface area contributed by atoms with E-state index in [-0.39, 0.29) is 16.5 Å². The Morgan fingerprint density at radius 3 is 2.75 bits per heavy atom. The summed E-state index contributed by atoms with van der Waals surface area (Å²) < 4.78 is 28.0. The lowest BCUT2D eigenvalue weighted by Crippen LogP contribution is -2.30. The molecule has 3 N–H and O–H groups in total. The minimum Gasteiger partial charge on any atom is -0.271 e. The number of benzene rings is 1. The number of aromatic nitrogens is 1. The van der Waals surface area contributed by atoms with Crippen molar-refractivity contribution in [2.24, 2.45) is 5.84 Å². The lowest BCUT2D eigenvalue weighted by Gasteiger charge is -2.17. The van der Waals surface area contributed by atoms with E-state index in [1.54, 1.807) is 6.20 Å². The normalized spacial score (nSPS) is 12.4. The topological polar surface area (TPSA) is 50.9 Å². The van der Waals surface area contributed by atoms with Gasteiger partial charge < -0.3 is 0 Å². The fourth-order valence-corrected chi connectivity index (χ4v) is 2.33. The van der Waals surface area contributed by atoms with Crippen LogP contribution in [0.2, 0.25) is 0 Å². The Hall–Kier alpha value is -1.37. The second kappa shape index (κ2) is 6.39. The molecule has 2 aromatic rings. The number of halogens is 3. The number of nitrogens with zero attached hydrogens (tertiary/aromatic N) is 1. The number of aryl methyl sites for hydroxylation is 1. The molecule has 0 aliphatic rings. The molecular weight excluding hydrogens is 328 g/mol. The highest BCUT2D eigenvalue weighted by atomic mass is 79.9. The van der Waals surface area contributed by atoms with Crippen LogP contribution in [0, 0.1) is 18.6 Å². The first-order valence-corrected chi connectivity index (χ1v) is 6.83. The molecule has 1 atom stereocenters. The Morgan fingerprint density at radius 1 is 1.35 bits per heavy atom. The Bertz CT molecular complexity index is 619. The predicted octanol–water partition coefficient (Wildman–Crippen LogP) is 3.18. The van der Waals surface area contributed by atoms with Gasteiger partial charge in [-0.1, -0.05) is 0 Å². The first kappa shape index (κ1) is 15.0. The van der Waals surface area contributed by atoms with E-state index in [0.717, 1.165) is 5.56 Å². The van der Waals surface area contributed by atoms with E-state index < -0.39 is 17.7 Å². The zero-order valence-corrected chi connectivity index (χ0v) is 12.4. The molecule has 1 unspecified atom stereocenters. The molecule has 3 nitrogen and oxygen atoms in total. The van der Waals surface area contributed by atoms with Gasteiger partial charge in [0.25, 0.3) is 0 Å². The Morgan fingerprint density at radius 2 is 2.10 bits per heavy atom. The van der Waals surface area contributed by atoms with Gasteiger partial charge in [-0.3, -0.25) is 16.3 Å². The molecule has 0 aliphatic carbocycles. The summed E-state index contributed by atoms with van der Waals surface area (Å²) in [6.45, 7) is 1.92. The molecule has 0 spiro atoms. The zero-order chi connectivity index (χ0) is 14.7. The van der Waals surface area contributed by atoms with Crippen molar-refractivity contribution in [3.8, 4) is 0 Å². The smallest absolute Gasteiger partial charge is 0.143 e. The number of hydrogen-bond acceptors (Lipinski definition) is 3. The minimum atomic E-state index is -0.613. The second-order valence-corrected chi connectivity index (χ2v) is 5.36. The Kier molecular flexibility index (Phi) is 4.80. The molecule has 0 bridgehead atoms. The summed E-state index contributed by atoms with van der Waals surface area (Å²) in [5.41, 5.74) is 4.18. The van der Waals surface area contributed by atoms with E-state index in [1.807, 2.05) is 19.1 Å². The van der Waals surface area contributed by atoms with Crippen molar-refractivity contribution >= 4 is 15.9 Å². The third-order valence-electron chi connectivity index (χ3n) is 3.04. The van der Waals surface area contributed by atoms with Gasteiger partial charge in [-0.15, -0.1) is 0 Å². The van der Waals surface area contributed by atoms with Crippen LogP contribution in [0.5, 0.6) is 0 Å². The summed E-state index contributed by atoms with van der Waals surface area (Å²) in [4.78, 5) is 4.19. The maximum Gasteiger partial charge on any atom is 0.143 e. The highest BCUT2D eigenvalue weighted by Gasteiger charge is 2.19. The number of nitrogens with two attached hydrogens (primary N) is 1. The van der Waals surface area contributed by atoms with E-state index in [0.29, 0.717) is 5.69 Å². The molecule has 0 fully saturated rings. The standard InChI is InChI=1S/C14H14BrF2N3/c1-8-4-5-19-12(6-8)13(20-18)7-9-11(16)3-2-10(15)14(9)17/h2-6,13,20H,7,18H2,1H3. The molecule has 0 radical (unpaired) electrons. The van der Waals surface area contributed by atoms with E-state index in [9.17, 15) is 8.78 Å². The van der Waals surface area contributed by atoms with Crippen LogP contribution in [0.15, 0.2) is 34.9 Å². The molecule has 0 amide bonds. The largest absolute Gasteiger partial charge is 0.271 e. The third-order valence-corrected chi connectivity index (χ3v) is 3.65. The van der Waals surface area contributed by atoms with Gasteiger partial charge in [-0.25, -0.2) is 8.78 Å².